The van der Waals surface area contributed by atoms with Gasteiger partial charge in [0.1, 0.15) is 5.82 Å². The van der Waals surface area contributed by atoms with E-state index in [9.17, 15) is 9.18 Å². The molecule has 1 aromatic rings. The van der Waals surface area contributed by atoms with Crippen LogP contribution >= 0.6 is 11.6 Å². The number of halogens is 2. The van der Waals surface area contributed by atoms with E-state index in [0.717, 1.165) is 0 Å². The summed E-state index contributed by atoms with van der Waals surface area (Å²) >= 11 is 5.60. The maximum Gasteiger partial charge on any atom is 0.224 e. The number of rotatable bonds is 3. The van der Waals surface area contributed by atoms with Crippen LogP contribution in [0.4, 0.5) is 10.1 Å². The van der Waals surface area contributed by atoms with Crippen molar-refractivity contribution in [3.05, 3.63) is 29.0 Å². The van der Waals surface area contributed by atoms with E-state index in [1.54, 1.807) is 0 Å². The fourth-order valence-electron chi connectivity index (χ4n) is 1.45. The van der Waals surface area contributed by atoms with E-state index in [4.69, 9.17) is 16.3 Å². The lowest BCUT2D eigenvalue weighted by molar-refractivity contribution is -0.121. The molecule has 0 saturated carbocycles. The van der Waals surface area contributed by atoms with Gasteiger partial charge < -0.3 is 10.1 Å². The van der Waals surface area contributed by atoms with Crippen LogP contribution in [0, 0.1) is 11.7 Å². The smallest absolute Gasteiger partial charge is 0.224 e. The number of nitrogens with one attached hydrogen (secondary N) is 1. The maximum absolute atomic E-state index is 12.8. The Morgan fingerprint density at radius 3 is 2.88 bits per heavy atom. The minimum atomic E-state index is -0.493. The Bertz CT molecular complexity index is 407. The molecule has 1 saturated heterocycles. The molecule has 0 aromatic heterocycles. The molecule has 16 heavy (non-hydrogen) atoms. The van der Waals surface area contributed by atoms with E-state index in [1.165, 1.54) is 18.2 Å². The van der Waals surface area contributed by atoms with Gasteiger partial charge in [0, 0.05) is 18.0 Å². The topological polar surface area (TPSA) is 38.3 Å². The second kappa shape index (κ2) is 4.80. The molecule has 2 rings (SSSR count). The largest absolute Gasteiger partial charge is 0.381 e. The molecule has 3 nitrogen and oxygen atoms in total. The highest BCUT2D eigenvalue weighted by molar-refractivity contribution is 6.31. The lowest BCUT2D eigenvalue weighted by atomic mass is 10.0. The van der Waals surface area contributed by atoms with Gasteiger partial charge in [0.15, 0.2) is 0 Å². The van der Waals surface area contributed by atoms with Crippen LogP contribution in [0.2, 0.25) is 5.02 Å². The first-order valence-corrected chi connectivity index (χ1v) is 5.35. The number of anilines is 1. The van der Waals surface area contributed by atoms with Gasteiger partial charge in [-0.3, -0.25) is 4.79 Å². The average molecular weight is 244 g/mol. The monoisotopic (exact) mass is 243 g/mol. The van der Waals surface area contributed by atoms with Gasteiger partial charge in [0.2, 0.25) is 5.91 Å². The van der Waals surface area contributed by atoms with E-state index < -0.39 is 5.82 Å². The maximum atomic E-state index is 12.8. The number of ether oxygens (including phenoxy) is 1. The third-order valence-corrected chi connectivity index (χ3v) is 2.67. The summed E-state index contributed by atoms with van der Waals surface area (Å²) < 4.78 is 17.8. The van der Waals surface area contributed by atoms with Crippen molar-refractivity contribution in [3.63, 3.8) is 0 Å². The average Bonchev–Trinajstić information content (AvgIpc) is 2.18. The minimum absolute atomic E-state index is 0.00442. The standard InChI is InChI=1S/C11H11ClFNO2/c12-9-4-8(1-2-10(9)13)14-11(15)3-7-5-16-6-7/h1-2,4,7H,3,5-6H2,(H,14,15). The molecule has 0 radical (unpaired) electrons. The van der Waals surface area contributed by atoms with E-state index >= 15 is 0 Å². The van der Waals surface area contributed by atoms with Crippen molar-refractivity contribution in [2.24, 2.45) is 5.92 Å². The van der Waals surface area contributed by atoms with Crippen molar-refractivity contribution < 1.29 is 13.9 Å². The summed E-state index contributed by atoms with van der Waals surface area (Å²) in [6.07, 6.45) is 0.426. The zero-order chi connectivity index (χ0) is 11.5. The van der Waals surface area contributed by atoms with E-state index in [-0.39, 0.29) is 10.9 Å². The fraction of sp³-hybridized carbons (Fsp3) is 0.364. The van der Waals surface area contributed by atoms with Crippen LogP contribution in [0.15, 0.2) is 18.2 Å². The summed E-state index contributed by atoms with van der Waals surface area (Å²) in [5.41, 5.74) is 0.511. The highest BCUT2D eigenvalue weighted by atomic mass is 35.5. The molecule has 1 aliphatic heterocycles. The van der Waals surface area contributed by atoms with Crippen molar-refractivity contribution in [2.75, 3.05) is 18.5 Å². The molecule has 86 valence electrons. The Labute approximate surface area is 97.5 Å². The Hall–Kier alpha value is -1.13. The van der Waals surface area contributed by atoms with Crippen LogP contribution in [0.1, 0.15) is 6.42 Å². The van der Waals surface area contributed by atoms with Gasteiger partial charge in [-0.05, 0) is 18.2 Å². The molecular formula is C11H11ClFNO2. The van der Waals surface area contributed by atoms with Crippen LogP contribution in [-0.4, -0.2) is 19.1 Å². The van der Waals surface area contributed by atoms with Crippen molar-refractivity contribution in [1.29, 1.82) is 0 Å². The Morgan fingerprint density at radius 1 is 1.56 bits per heavy atom. The summed E-state index contributed by atoms with van der Waals surface area (Å²) in [5, 5.41) is 2.67. The first kappa shape index (κ1) is 11.4. The van der Waals surface area contributed by atoms with Crippen molar-refractivity contribution in [1.82, 2.24) is 0 Å². The SMILES string of the molecule is O=C(CC1COC1)Nc1ccc(F)c(Cl)c1. The number of carbonyl (C=O) groups excluding carboxylic acids is 1. The van der Waals surface area contributed by atoms with Crippen molar-refractivity contribution in [3.8, 4) is 0 Å². The van der Waals surface area contributed by atoms with Gasteiger partial charge in [0.25, 0.3) is 0 Å². The van der Waals surface area contributed by atoms with Gasteiger partial charge in [-0.2, -0.15) is 0 Å². The number of carbonyl (C=O) groups is 1. The van der Waals surface area contributed by atoms with Gasteiger partial charge in [-0.25, -0.2) is 4.39 Å². The molecule has 0 spiro atoms. The quantitative estimate of drug-likeness (QED) is 0.886. The van der Waals surface area contributed by atoms with Gasteiger partial charge in [0.05, 0.1) is 18.2 Å². The Kier molecular flexibility index (Phi) is 3.41. The molecule has 1 aromatic carbocycles. The molecule has 0 aliphatic carbocycles. The second-order valence-electron chi connectivity index (χ2n) is 3.78. The zero-order valence-corrected chi connectivity index (χ0v) is 9.26. The predicted molar refractivity (Wildman–Crippen MR) is 59.0 cm³/mol. The van der Waals surface area contributed by atoms with Gasteiger partial charge >= 0.3 is 0 Å². The first-order chi connectivity index (χ1) is 7.65. The number of amides is 1. The molecule has 1 amide bonds. The predicted octanol–water partition coefficient (Wildman–Crippen LogP) is 2.45. The summed E-state index contributed by atoms with van der Waals surface area (Å²) in [7, 11) is 0. The number of hydrogen-bond acceptors (Lipinski definition) is 2. The number of benzene rings is 1. The molecule has 0 unspecified atom stereocenters. The zero-order valence-electron chi connectivity index (χ0n) is 8.50. The fourth-order valence-corrected chi connectivity index (χ4v) is 1.63. The highest BCUT2D eigenvalue weighted by Gasteiger charge is 2.21. The minimum Gasteiger partial charge on any atom is -0.381 e. The van der Waals surface area contributed by atoms with Gasteiger partial charge in [-0.1, -0.05) is 11.6 Å². The first-order valence-electron chi connectivity index (χ1n) is 4.98. The lowest BCUT2D eigenvalue weighted by Gasteiger charge is -2.25. The number of hydrogen-bond donors (Lipinski definition) is 1. The van der Waals surface area contributed by atoms with Crippen LogP contribution in [-0.2, 0) is 9.53 Å². The van der Waals surface area contributed by atoms with Crippen molar-refractivity contribution in [2.45, 2.75) is 6.42 Å². The van der Waals surface area contributed by atoms with E-state index in [2.05, 4.69) is 5.32 Å². The molecule has 0 bridgehead atoms. The molecule has 1 N–H and O–H groups in total. The summed E-state index contributed by atoms with van der Waals surface area (Å²) in [6, 6.07) is 4.10. The molecule has 1 fully saturated rings. The third kappa shape index (κ3) is 2.71. The Morgan fingerprint density at radius 2 is 2.31 bits per heavy atom. The summed E-state index contributed by atoms with van der Waals surface area (Å²) in [4.78, 5) is 11.5. The van der Waals surface area contributed by atoms with Crippen LogP contribution in [0.3, 0.4) is 0 Å². The Balaban J connectivity index is 1.92. The molecule has 5 heteroatoms. The second-order valence-corrected chi connectivity index (χ2v) is 4.19. The molecular weight excluding hydrogens is 233 g/mol. The summed E-state index contributed by atoms with van der Waals surface area (Å²) in [5.74, 6) is -0.293. The van der Waals surface area contributed by atoms with Crippen LogP contribution in [0.25, 0.3) is 0 Å². The highest BCUT2D eigenvalue weighted by Crippen LogP contribution is 2.20. The third-order valence-electron chi connectivity index (χ3n) is 2.38. The molecule has 1 aliphatic rings. The lowest BCUT2D eigenvalue weighted by Crippen LogP contribution is -2.31. The van der Waals surface area contributed by atoms with E-state index in [1.807, 2.05) is 0 Å². The van der Waals surface area contributed by atoms with Gasteiger partial charge in [-0.15, -0.1) is 0 Å². The van der Waals surface area contributed by atoms with Crippen LogP contribution < -0.4 is 5.32 Å². The summed E-state index contributed by atoms with van der Waals surface area (Å²) in [6.45, 7) is 1.27. The van der Waals surface area contributed by atoms with E-state index in [0.29, 0.717) is 31.2 Å². The van der Waals surface area contributed by atoms with Crippen LogP contribution in [0.5, 0.6) is 0 Å². The van der Waals surface area contributed by atoms with Crippen molar-refractivity contribution >= 4 is 23.2 Å². The molecule has 1 heterocycles. The molecule has 0 atom stereocenters. The normalized spacial score (nSPS) is 15.6.